The predicted molar refractivity (Wildman–Crippen MR) is 136 cm³/mol. The zero-order chi connectivity index (χ0) is 21.6. The molecule has 1 aliphatic rings. The predicted octanol–water partition coefficient (Wildman–Crippen LogP) is 7.97. The lowest BCUT2D eigenvalue weighted by atomic mass is 9.87. The standard InChI is InChI=1S/C30H30N2/c1-5-14-25(15-6-1)31(26-16-7-2-8-17-26)29-22-13-23-30(24-29)32(27-18-9-3-10-19-27)28-20-11-4-12-21-28/h1-12,14-21,29-30H,13,22-24H2. The van der Waals surface area contributed by atoms with E-state index in [-0.39, 0.29) is 0 Å². The van der Waals surface area contributed by atoms with E-state index in [4.69, 9.17) is 0 Å². The Morgan fingerprint density at radius 2 is 0.688 bits per heavy atom. The van der Waals surface area contributed by atoms with Gasteiger partial charge in [0.1, 0.15) is 0 Å². The first-order valence-corrected chi connectivity index (χ1v) is 11.7. The number of benzene rings is 4. The molecule has 0 N–H and O–H groups in total. The van der Waals surface area contributed by atoms with Gasteiger partial charge in [-0.1, -0.05) is 72.8 Å². The molecule has 2 nitrogen and oxygen atoms in total. The fourth-order valence-corrected chi connectivity index (χ4v) is 5.10. The van der Waals surface area contributed by atoms with Crippen molar-refractivity contribution in [2.75, 3.05) is 9.80 Å². The summed E-state index contributed by atoms with van der Waals surface area (Å²) in [5.74, 6) is 0. The molecule has 0 bridgehead atoms. The molecular formula is C30H30N2. The fraction of sp³-hybridized carbons (Fsp3) is 0.200. The van der Waals surface area contributed by atoms with Gasteiger partial charge in [0.05, 0.1) is 0 Å². The molecule has 0 amide bonds. The van der Waals surface area contributed by atoms with Crippen molar-refractivity contribution in [3.05, 3.63) is 121 Å². The second-order valence-corrected chi connectivity index (χ2v) is 8.56. The Kier molecular flexibility index (Phi) is 6.20. The smallest absolute Gasteiger partial charge is 0.0413 e. The highest BCUT2D eigenvalue weighted by Crippen LogP contribution is 2.39. The van der Waals surface area contributed by atoms with Gasteiger partial charge in [-0.15, -0.1) is 0 Å². The molecule has 1 fully saturated rings. The molecule has 160 valence electrons. The Labute approximate surface area is 191 Å². The molecule has 0 radical (unpaired) electrons. The van der Waals surface area contributed by atoms with Crippen LogP contribution in [0.3, 0.4) is 0 Å². The van der Waals surface area contributed by atoms with E-state index in [0.29, 0.717) is 12.1 Å². The first-order valence-electron chi connectivity index (χ1n) is 11.7. The number of hydrogen-bond donors (Lipinski definition) is 0. The largest absolute Gasteiger partial charge is 0.338 e. The van der Waals surface area contributed by atoms with Crippen molar-refractivity contribution in [1.29, 1.82) is 0 Å². The van der Waals surface area contributed by atoms with Crippen LogP contribution >= 0.6 is 0 Å². The third kappa shape index (κ3) is 4.40. The zero-order valence-corrected chi connectivity index (χ0v) is 18.4. The number of para-hydroxylation sites is 4. The van der Waals surface area contributed by atoms with Crippen molar-refractivity contribution in [2.45, 2.75) is 37.8 Å². The van der Waals surface area contributed by atoms with Crippen LogP contribution in [0.15, 0.2) is 121 Å². The average Bonchev–Trinajstić information content (AvgIpc) is 2.87. The maximum Gasteiger partial charge on any atom is 0.0413 e. The number of nitrogens with zero attached hydrogens (tertiary/aromatic N) is 2. The highest BCUT2D eigenvalue weighted by atomic mass is 15.2. The summed E-state index contributed by atoms with van der Waals surface area (Å²) in [5.41, 5.74) is 5.09. The molecule has 4 aromatic carbocycles. The van der Waals surface area contributed by atoms with E-state index in [1.165, 1.54) is 42.0 Å². The summed E-state index contributed by atoms with van der Waals surface area (Å²) in [6.07, 6.45) is 4.75. The minimum atomic E-state index is 0.452. The first-order chi connectivity index (χ1) is 15.9. The summed E-state index contributed by atoms with van der Waals surface area (Å²) in [7, 11) is 0. The van der Waals surface area contributed by atoms with Crippen LogP contribution in [-0.4, -0.2) is 12.1 Å². The number of rotatable bonds is 6. The van der Waals surface area contributed by atoms with E-state index in [1.807, 2.05) is 0 Å². The van der Waals surface area contributed by atoms with Crippen LogP contribution in [-0.2, 0) is 0 Å². The molecule has 0 heterocycles. The van der Waals surface area contributed by atoms with Crippen LogP contribution < -0.4 is 9.80 Å². The maximum absolute atomic E-state index is 2.56. The Hall–Kier alpha value is -3.52. The molecule has 32 heavy (non-hydrogen) atoms. The second kappa shape index (κ2) is 9.74. The van der Waals surface area contributed by atoms with Gasteiger partial charge in [-0.05, 0) is 74.2 Å². The highest BCUT2D eigenvalue weighted by molar-refractivity contribution is 5.66. The van der Waals surface area contributed by atoms with Gasteiger partial charge in [-0.25, -0.2) is 0 Å². The van der Waals surface area contributed by atoms with Gasteiger partial charge < -0.3 is 9.80 Å². The van der Waals surface area contributed by atoms with Crippen molar-refractivity contribution in [2.24, 2.45) is 0 Å². The molecule has 0 aliphatic heterocycles. The second-order valence-electron chi connectivity index (χ2n) is 8.56. The van der Waals surface area contributed by atoms with Crippen molar-refractivity contribution < 1.29 is 0 Å². The number of anilines is 4. The normalized spacial score (nSPS) is 18.1. The minimum Gasteiger partial charge on any atom is -0.338 e. The van der Waals surface area contributed by atoms with Crippen molar-refractivity contribution in [3.8, 4) is 0 Å². The molecule has 1 aliphatic carbocycles. The van der Waals surface area contributed by atoms with Crippen molar-refractivity contribution in [1.82, 2.24) is 0 Å². The molecule has 4 aromatic rings. The van der Waals surface area contributed by atoms with Gasteiger partial charge in [0, 0.05) is 34.8 Å². The van der Waals surface area contributed by atoms with Gasteiger partial charge >= 0.3 is 0 Å². The summed E-state index contributed by atoms with van der Waals surface area (Å²) in [4.78, 5) is 5.11. The summed E-state index contributed by atoms with van der Waals surface area (Å²) in [6.45, 7) is 0. The van der Waals surface area contributed by atoms with Gasteiger partial charge in [-0.3, -0.25) is 0 Å². The van der Waals surface area contributed by atoms with E-state index in [0.717, 1.165) is 6.42 Å². The van der Waals surface area contributed by atoms with E-state index in [9.17, 15) is 0 Å². The Morgan fingerprint density at radius 3 is 0.969 bits per heavy atom. The highest BCUT2D eigenvalue weighted by Gasteiger charge is 2.32. The molecule has 2 atom stereocenters. The van der Waals surface area contributed by atoms with Gasteiger partial charge in [-0.2, -0.15) is 0 Å². The fourth-order valence-electron chi connectivity index (χ4n) is 5.10. The first kappa shape index (κ1) is 20.4. The molecule has 2 heteroatoms. The summed E-state index contributed by atoms with van der Waals surface area (Å²) in [5, 5.41) is 0. The zero-order valence-electron chi connectivity index (χ0n) is 18.4. The molecule has 0 saturated heterocycles. The van der Waals surface area contributed by atoms with E-state index < -0.39 is 0 Å². The minimum absolute atomic E-state index is 0.452. The van der Waals surface area contributed by atoms with Crippen LogP contribution in [0.5, 0.6) is 0 Å². The molecule has 0 aromatic heterocycles. The lowest BCUT2D eigenvalue weighted by molar-refractivity contribution is 0.385. The summed E-state index contributed by atoms with van der Waals surface area (Å²) in [6, 6.07) is 44.4. The third-order valence-electron chi connectivity index (χ3n) is 6.49. The molecular weight excluding hydrogens is 388 g/mol. The van der Waals surface area contributed by atoms with E-state index in [1.54, 1.807) is 0 Å². The lowest BCUT2D eigenvalue weighted by Gasteiger charge is -2.43. The topological polar surface area (TPSA) is 6.48 Å². The van der Waals surface area contributed by atoms with Crippen LogP contribution in [0.2, 0.25) is 0 Å². The van der Waals surface area contributed by atoms with E-state index >= 15 is 0 Å². The lowest BCUT2D eigenvalue weighted by Crippen LogP contribution is -2.43. The van der Waals surface area contributed by atoms with Crippen LogP contribution in [0, 0.1) is 0 Å². The van der Waals surface area contributed by atoms with Gasteiger partial charge in [0.25, 0.3) is 0 Å². The Morgan fingerprint density at radius 1 is 0.406 bits per heavy atom. The van der Waals surface area contributed by atoms with Gasteiger partial charge in [0.2, 0.25) is 0 Å². The summed E-state index contributed by atoms with van der Waals surface area (Å²) >= 11 is 0. The Bertz CT molecular complexity index is 913. The van der Waals surface area contributed by atoms with Crippen LogP contribution in [0.4, 0.5) is 22.7 Å². The average molecular weight is 419 g/mol. The van der Waals surface area contributed by atoms with Crippen molar-refractivity contribution in [3.63, 3.8) is 0 Å². The third-order valence-corrected chi connectivity index (χ3v) is 6.49. The molecule has 1 saturated carbocycles. The monoisotopic (exact) mass is 418 g/mol. The van der Waals surface area contributed by atoms with Crippen LogP contribution in [0.1, 0.15) is 25.7 Å². The SMILES string of the molecule is c1ccc(N(c2ccccc2)C2CCCC(N(c3ccccc3)c3ccccc3)C2)cc1. The van der Waals surface area contributed by atoms with Crippen LogP contribution in [0.25, 0.3) is 0 Å². The molecule has 0 spiro atoms. The quantitative estimate of drug-likeness (QED) is 0.313. The number of hydrogen-bond acceptors (Lipinski definition) is 2. The Balaban J connectivity index is 1.50. The maximum atomic E-state index is 2.56. The molecule has 2 unspecified atom stereocenters. The summed E-state index contributed by atoms with van der Waals surface area (Å²) < 4.78 is 0. The van der Waals surface area contributed by atoms with Crippen molar-refractivity contribution >= 4 is 22.7 Å². The van der Waals surface area contributed by atoms with Gasteiger partial charge in [0.15, 0.2) is 0 Å². The van der Waals surface area contributed by atoms with E-state index in [2.05, 4.69) is 131 Å². The molecule has 5 rings (SSSR count).